The van der Waals surface area contributed by atoms with Crippen LogP contribution in [0, 0.1) is 5.82 Å². The van der Waals surface area contributed by atoms with Crippen LogP contribution in [0.4, 0.5) is 4.39 Å². The van der Waals surface area contributed by atoms with E-state index < -0.39 is 23.8 Å². The van der Waals surface area contributed by atoms with Crippen LogP contribution in [0.5, 0.6) is 5.75 Å². The van der Waals surface area contributed by atoms with Crippen molar-refractivity contribution in [3.05, 3.63) is 88.7 Å². The normalized spacial score (nSPS) is 17.1. The summed E-state index contributed by atoms with van der Waals surface area (Å²) in [6.45, 7) is 2.14. The minimum atomic E-state index is -1.07. The van der Waals surface area contributed by atoms with Crippen LogP contribution in [0.15, 0.2) is 66.7 Å². The summed E-state index contributed by atoms with van der Waals surface area (Å²) in [7, 11) is 0. The van der Waals surface area contributed by atoms with Gasteiger partial charge in [-0.2, -0.15) is 0 Å². The molecule has 0 aromatic heterocycles. The Morgan fingerprint density at radius 1 is 1.00 bits per heavy atom. The van der Waals surface area contributed by atoms with E-state index in [0.29, 0.717) is 22.9 Å². The highest BCUT2D eigenvalue weighted by molar-refractivity contribution is 6.42. The molecule has 3 aromatic carbocycles. The number of amides is 1. The van der Waals surface area contributed by atoms with Gasteiger partial charge in [0.25, 0.3) is 5.91 Å². The molecule has 6 nitrogen and oxygen atoms in total. The Bertz CT molecular complexity index is 1290. The molecule has 0 spiro atoms. The molecule has 8 heteroatoms. The van der Waals surface area contributed by atoms with E-state index in [1.54, 1.807) is 54.6 Å². The van der Waals surface area contributed by atoms with Gasteiger partial charge < -0.3 is 20.1 Å². The Morgan fingerprint density at radius 3 is 2.24 bits per heavy atom. The van der Waals surface area contributed by atoms with E-state index in [9.17, 15) is 19.1 Å². The molecule has 198 valence electrons. The first-order valence-electron chi connectivity index (χ1n) is 12.9. The lowest BCUT2D eigenvalue weighted by Gasteiger charge is -2.28. The molecule has 2 unspecified atom stereocenters. The van der Waals surface area contributed by atoms with Crippen molar-refractivity contribution in [1.29, 1.82) is 0 Å². The molecule has 1 aliphatic heterocycles. The predicted octanol–water partition coefficient (Wildman–Crippen LogP) is 5.18. The smallest absolute Gasteiger partial charge is 0.292 e. The number of halogens is 2. The largest absolute Gasteiger partial charge is 0.489 e. The molecule has 5 rings (SSSR count). The van der Waals surface area contributed by atoms with Gasteiger partial charge in [0.1, 0.15) is 17.7 Å². The number of benzene rings is 3. The predicted molar refractivity (Wildman–Crippen MR) is 144 cm³/mol. The van der Waals surface area contributed by atoms with Gasteiger partial charge in [-0.05, 0) is 79.7 Å². The van der Waals surface area contributed by atoms with Gasteiger partial charge in [0.05, 0.1) is 17.2 Å². The summed E-state index contributed by atoms with van der Waals surface area (Å²) in [5.74, 6) is -1.24. The number of carbonyl (C=O) groups is 2. The molecule has 1 heterocycles. The lowest BCUT2D eigenvalue weighted by Crippen LogP contribution is -2.48. The maximum absolute atomic E-state index is 13.2. The lowest BCUT2D eigenvalue weighted by molar-refractivity contribution is -0.118. The van der Waals surface area contributed by atoms with E-state index in [-0.39, 0.29) is 17.5 Å². The second kappa shape index (κ2) is 11.6. The summed E-state index contributed by atoms with van der Waals surface area (Å²) in [5, 5.41) is 14.4. The van der Waals surface area contributed by atoms with Crippen LogP contribution in [0.1, 0.15) is 47.7 Å². The van der Waals surface area contributed by atoms with Crippen molar-refractivity contribution in [1.82, 2.24) is 10.2 Å². The maximum Gasteiger partial charge on any atom is 0.292 e. The molecule has 2 fully saturated rings. The standard InChI is InChI=1S/C30H30ClFN2O4/c31-25-17-22(9-14-27(25)38-24-12-13-24)28(35)26(18-34-15-1-2-16-34)33-30(37)29(36)21-5-3-19(4-6-21)20-7-10-23(32)11-8-20/h3-11,14,17,24,26,28,35H,1-2,12-13,15-16,18H2,(H,33,37). The number of aliphatic hydroxyl groups excluding tert-OH is 1. The summed E-state index contributed by atoms with van der Waals surface area (Å²) >= 11 is 6.41. The molecule has 3 aromatic rings. The lowest BCUT2D eigenvalue weighted by atomic mass is 10.00. The summed E-state index contributed by atoms with van der Waals surface area (Å²) in [6.07, 6.45) is 3.24. The summed E-state index contributed by atoms with van der Waals surface area (Å²) in [4.78, 5) is 28.2. The zero-order chi connectivity index (χ0) is 26.6. The molecule has 1 saturated heterocycles. The molecule has 2 aliphatic rings. The first kappa shape index (κ1) is 26.4. The van der Waals surface area contributed by atoms with Gasteiger partial charge in [0, 0.05) is 12.1 Å². The van der Waals surface area contributed by atoms with Gasteiger partial charge in [-0.1, -0.05) is 54.1 Å². The Morgan fingerprint density at radius 2 is 1.63 bits per heavy atom. The topological polar surface area (TPSA) is 78.9 Å². The third-order valence-corrected chi connectivity index (χ3v) is 7.29. The Labute approximate surface area is 226 Å². The van der Waals surface area contributed by atoms with Gasteiger partial charge >= 0.3 is 0 Å². The molecular formula is C30H30ClFN2O4. The second-order valence-electron chi connectivity index (χ2n) is 9.95. The van der Waals surface area contributed by atoms with E-state index in [0.717, 1.165) is 49.9 Å². The fraction of sp³-hybridized carbons (Fsp3) is 0.333. The average molecular weight is 537 g/mol. The molecule has 0 bridgehead atoms. The number of hydrogen-bond donors (Lipinski definition) is 2. The van der Waals surface area contributed by atoms with E-state index in [4.69, 9.17) is 16.3 Å². The average Bonchev–Trinajstić information content (AvgIpc) is 3.60. The van der Waals surface area contributed by atoms with Crippen molar-refractivity contribution in [2.75, 3.05) is 19.6 Å². The van der Waals surface area contributed by atoms with Gasteiger partial charge in [0.2, 0.25) is 5.78 Å². The SMILES string of the molecule is O=C(NC(CN1CCCC1)C(O)c1ccc(OC2CC2)c(Cl)c1)C(=O)c1ccc(-c2ccc(F)cc2)cc1. The molecule has 38 heavy (non-hydrogen) atoms. The first-order chi connectivity index (χ1) is 18.4. The Kier molecular flexibility index (Phi) is 8.07. The summed E-state index contributed by atoms with van der Waals surface area (Å²) in [5.41, 5.74) is 2.37. The highest BCUT2D eigenvalue weighted by Crippen LogP contribution is 2.34. The van der Waals surface area contributed by atoms with E-state index in [1.165, 1.54) is 12.1 Å². The van der Waals surface area contributed by atoms with Crippen molar-refractivity contribution in [2.45, 2.75) is 43.9 Å². The van der Waals surface area contributed by atoms with Crippen molar-refractivity contribution < 1.29 is 23.8 Å². The maximum atomic E-state index is 13.2. The molecule has 2 N–H and O–H groups in total. The van der Waals surface area contributed by atoms with Crippen molar-refractivity contribution in [3.8, 4) is 16.9 Å². The number of nitrogens with zero attached hydrogens (tertiary/aromatic N) is 1. The van der Waals surface area contributed by atoms with E-state index in [1.807, 2.05) is 0 Å². The van der Waals surface area contributed by atoms with Crippen molar-refractivity contribution >= 4 is 23.3 Å². The number of aliphatic hydroxyl groups is 1. The molecule has 1 saturated carbocycles. The van der Waals surface area contributed by atoms with Gasteiger partial charge in [-0.25, -0.2) is 4.39 Å². The zero-order valence-electron chi connectivity index (χ0n) is 20.9. The monoisotopic (exact) mass is 536 g/mol. The third kappa shape index (κ3) is 6.41. The third-order valence-electron chi connectivity index (χ3n) is 7.00. The van der Waals surface area contributed by atoms with E-state index in [2.05, 4.69) is 10.2 Å². The number of Topliss-reactive ketones (excluding diaryl/α,β-unsaturated/α-hetero) is 1. The number of hydrogen-bond acceptors (Lipinski definition) is 5. The molecule has 2 atom stereocenters. The van der Waals surface area contributed by atoms with Crippen molar-refractivity contribution in [2.24, 2.45) is 0 Å². The molecule has 1 aliphatic carbocycles. The Hall–Kier alpha value is -3.26. The second-order valence-corrected chi connectivity index (χ2v) is 10.4. The number of ether oxygens (including phenoxy) is 1. The van der Waals surface area contributed by atoms with Crippen LogP contribution in [0.25, 0.3) is 11.1 Å². The number of rotatable bonds is 10. The summed E-state index contributed by atoms with van der Waals surface area (Å²) < 4.78 is 19.0. The van der Waals surface area contributed by atoms with Crippen LogP contribution in [-0.4, -0.2) is 53.5 Å². The fourth-order valence-corrected chi connectivity index (χ4v) is 4.92. The number of ketones is 1. The minimum Gasteiger partial charge on any atom is -0.489 e. The van der Waals surface area contributed by atoms with Crippen LogP contribution < -0.4 is 10.1 Å². The van der Waals surface area contributed by atoms with Crippen molar-refractivity contribution in [3.63, 3.8) is 0 Å². The molecular weight excluding hydrogens is 507 g/mol. The van der Waals surface area contributed by atoms with Crippen LogP contribution in [0.3, 0.4) is 0 Å². The first-order valence-corrected chi connectivity index (χ1v) is 13.3. The minimum absolute atomic E-state index is 0.196. The van der Waals surface area contributed by atoms with Gasteiger partial charge in [-0.15, -0.1) is 0 Å². The summed E-state index contributed by atoms with van der Waals surface area (Å²) in [6, 6.07) is 17.1. The quantitative estimate of drug-likeness (QED) is 0.275. The van der Waals surface area contributed by atoms with Crippen LogP contribution in [0.2, 0.25) is 5.02 Å². The number of nitrogens with one attached hydrogen (secondary N) is 1. The number of carbonyl (C=O) groups excluding carboxylic acids is 2. The molecule has 1 amide bonds. The highest BCUT2D eigenvalue weighted by Gasteiger charge is 2.30. The fourth-order valence-electron chi connectivity index (χ4n) is 4.68. The zero-order valence-corrected chi connectivity index (χ0v) is 21.7. The number of likely N-dealkylation sites (tertiary alicyclic amines) is 1. The van der Waals surface area contributed by atoms with E-state index >= 15 is 0 Å². The highest BCUT2D eigenvalue weighted by atomic mass is 35.5. The van der Waals surface area contributed by atoms with Gasteiger partial charge in [0.15, 0.2) is 0 Å². The van der Waals surface area contributed by atoms with Gasteiger partial charge in [-0.3, -0.25) is 9.59 Å². The Balaban J connectivity index is 1.29. The van der Waals surface area contributed by atoms with Crippen LogP contribution >= 0.6 is 11.6 Å². The van der Waals surface area contributed by atoms with Crippen LogP contribution in [-0.2, 0) is 4.79 Å². The molecule has 0 radical (unpaired) electrons.